The van der Waals surface area contributed by atoms with Crippen LogP contribution in [-0.2, 0) is 0 Å². The number of carbonyl (C=O) groups is 1. The number of nitrogens with zero attached hydrogens (tertiary/aromatic N) is 1. The largest absolute Gasteiger partial charge is 0.477 e. The Morgan fingerprint density at radius 3 is 2.62 bits per heavy atom. The van der Waals surface area contributed by atoms with Crippen LogP contribution >= 0.6 is 0 Å². The fraction of sp³-hybridized carbons (Fsp3) is 0.0714. The minimum Gasteiger partial charge on any atom is -0.477 e. The number of hydrogen-bond donors (Lipinski definition) is 2. The van der Waals surface area contributed by atoms with Gasteiger partial charge in [0.25, 0.3) is 5.69 Å². The quantitative estimate of drug-likeness (QED) is 0.664. The minimum absolute atomic E-state index is 0.136. The van der Waals surface area contributed by atoms with Gasteiger partial charge >= 0.3 is 5.97 Å². The molecule has 0 aliphatic heterocycles. The van der Waals surface area contributed by atoms with Gasteiger partial charge in [0.15, 0.2) is 5.82 Å². The molecule has 7 heteroatoms. The number of rotatable bonds is 4. The van der Waals surface area contributed by atoms with Gasteiger partial charge in [0.1, 0.15) is 5.56 Å². The second kappa shape index (κ2) is 5.58. The first-order valence-corrected chi connectivity index (χ1v) is 5.93. The van der Waals surface area contributed by atoms with Gasteiger partial charge in [0, 0.05) is 5.69 Å². The van der Waals surface area contributed by atoms with Gasteiger partial charge < -0.3 is 10.4 Å². The van der Waals surface area contributed by atoms with Gasteiger partial charge in [-0.15, -0.1) is 0 Å². The van der Waals surface area contributed by atoms with Crippen molar-refractivity contribution in [3.8, 4) is 0 Å². The van der Waals surface area contributed by atoms with E-state index in [0.717, 1.165) is 11.6 Å². The van der Waals surface area contributed by atoms with E-state index in [1.54, 1.807) is 18.2 Å². The lowest BCUT2D eigenvalue weighted by Gasteiger charge is -2.09. The van der Waals surface area contributed by atoms with Crippen LogP contribution < -0.4 is 5.32 Å². The first-order chi connectivity index (χ1) is 9.88. The molecule has 0 amide bonds. The third-order valence-corrected chi connectivity index (χ3v) is 2.81. The molecule has 21 heavy (non-hydrogen) atoms. The summed E-state index contributed by atoms with van der Waals surface area (Å²) < 4.78 is 13.9. The summed E-state index contributed by atoms with van der Waals surface area (Å²) >= 11 is 0. The average Bonchev–Trinajstić information content (AvgIpc) is 2.40. The Labute approximate surface area is 119 Å². The van der Waals surface area contributed by atoms with Crippen LogP contribution in [0.3, 0.4) is 0 Å². The van der Waals surface area contributed by atoms with Crippen LogP contribution in [0.2, 0.25) is 0 Å². The zero-order valence-electron chi connectivity index (χ0n) is 11.0. The molecule has 2 rings (SSSR count). The van der Waals surface area contributed by atoms with Gasteiger partial charge in [-0.3, -0.25) is 10.1 Å². The summed E-state index contributed by atoms with van der Waals surface area (Å²) in [4.78, 5) is 20.9. The first kappa shape index (κ1) is 14.4. The summed E-state index contributed by atoms with van der Waals surface area (Å²) in [5, 5.41) is 22.4. The van der Waals surface area contributed by atoms with Gasteiger partial charge in [-0.1, -0.05) is 12.1 Å². The molecule has 2 N–H and O–H groups in total. The molecule has 0 unspecified atom stereocenters. The smallest absolute Gasteiger partial charge is 0.342 e. The summed E-state index contributed by atoms with van der Waals surface area (Å²) in [5.41, 5.74) is -0.00480. The third kappa shape index (κ3) is 3.14. The molecule has 0 aliphatic rings. The van der Waals surface area contributed by atoms with E-state index in [0.29, 0.717) is 11.8 Å². The Hall–Kier alpha value is -2.96. The molecular formula is C14H11FN2O4. The second-order valence-electron chi connectivity index (χ2n) is 4.41. The number of nitrogens with one attached hydrogen (secondary N) is 1. The lowest BCUT2D eigenvalue weighted by atomic mass is 10.1. The predicted octanol–water partition coefficient (Wildman–Crippen LogP) is 3.48. The molecule has 0 saturated heterocycles. The van der Waals surface area contributed by atoms with Crippen molar-refractivity contribution >= 4 is 23.0 Å². The number of nitro groups is 1. The zero-order chi connectivity index (χ0) is 15.6. The van der Waals surface area contributed by atoms with Gasteiger partial charge in [-0.25, -0.2) is 9.18 Å². The van der Waals surface area contributed by atoms with Gasteiger partial charge in [0.05, 0.1) is 16.7 Å². The SMILES string of the molecule is Cc1cccc(Nc2cc(C(=O)O)c([N+](=O)[O-])cc2F)c1. The molecule has 0 aromatic heterocycles. The zero-order valence-corrected chi connectivity index (χ0v) is 11.0. The molecule has 108 valence electrons. The number of nitro benzene ring substituents is 1. The third-order valence-electron chi connectivity index (χ3n) is 2.81. The van der Waals surface area contributed by atoms with Crippen LogP contribution in [0.15, 0.2) is 36.4 Å². The van der Waals surface area contributed by atoms with Crippen molar-refractivity contribution in [3.05, 3.63) is 63.5 Å². The second-order valence-corrected chi connectivity index (χ2v) is 4.41. The first-order valence-electron chi connectivity index (χ1n) is 5.93. The highest BCUT2D eigenvalue weighted by atomic mass is 19.1. The molecule has 0 spiro atoms. The molecule has 0 radical (unpaired) electrons. The molecule has 0 aliphatic carbocycles. The van der Waals surface area contributed by atoms with Crippen LogP contribution in [0.5, 0.6) is 0 Å². The number of hydrogen-bond acceptors (Lipinski definition) is 4. The molecule has 0 saturated carbocycles. The Morgan fingerprint density at radius 1 is 1.33 bits per heavy atom. The standard InChI is InChI=1S/C14H11FN2O4/c1-8-3-2-4-9(5-8)16-12-6-10(14(18)19)13(17(20)21)7-11(12)15/h2-7,16H,1H3,(H,18,19). The van der Waals surface area contributed by atoms with Crippen molar-refractivity contribution in [2.24, 2.45) is 0 Å². The highest BCUT2D eigenvalue weighted by Gasteiger charge is 2.23. The van der Waals surface area contributed by atoms with Crippen molar-refractivity contribution in [1.82, 2.24) is 0 Å². The average molecular weight is 290 g/mol. The minimum atomic E-state index is -1.49. The summed E-state index contributed by atoms with van der Waals surface area (Å²) in [6.45, 7) is 1.85. The number of anilines is 2. The number of carboxylic acids is 1. The number of halogens is 1. The Bertz CT molecular complexity index is 731. The van der Waals surface area contributed by atoms with E-state index < -0.39 is 28.0 Å². The maximum atomic E-state index is 13.9. The van der Waals surface area contributed by atoms with E-state index in [9.17, 15) is 19.3 Å². The summed E-state index contributed by atoms with van der Waals surface area (Å²) in [7, 11) is 0. The Kier molecular flexibility index (Phi) is 3.84. The fourth-order valence-corrected chi connectivity index (χ4v) is 1.86. The van der Waals surface area contributed by atoms with Gasteiger partial charge in [-0.05, 0) is 30.7 Å². The molecule has 0 atom stereocenters. The van der Waals surface area contributed by atoms with Crippen LogP contribution in [0, 0.1) is 22.9 Å². The van der Waals surface area contributed by atoms with E-state index in [4.69, 9.17) is 5.11 Å². The number of aromatic carboxylic acids is 1. The van der Waals surface area contributed by atoms with Crippen molar-refractivity contribution in [1.29, 1.82) is 0 Å². The molecule has 2 aromatic rings. The van der Waals surface area contributed by atoms with Crippen LogP contribution in [0.1, 0.15) is 15.9 Å². The molecule has 0 heterocycles. The Balaban J connectivity index is 2.47. The van der Waals surface area contributed by atoms with Gasteiger partial charge in [0.2, 0.25) is 0 Å². The van der Waals surface area contributed by atoms with Crippen molar-refractivity contribution in [3.63, 3.8) is 0 Å². The van der Waals surface area contributed by atoms with Gasteiger partial charge in [-0.2, -0.15) is 0 Å². The molecule has 6 nitrogen and oxygen atoms in total. The normalized spacial score (nSPS) is 10.2. The van der Waals surface area contributed by atoms with E-state index in [1.807, 2.05) is 13.0 Å². The predicted molar refractivity (Wildman–Crippen MR) is 74.5 cm³/mol. The van der Waals surface area contributed by atoms with Crippen molar-refractivity contribution in [2.45, 2.75) is 6.92 Å². The summed E-state index contributed by atoms with van der Waals surface area (Å²) in [6, 6.07) is 8.52. The number of carboxylic acid groups (broad SMARTS) is 1. The van der Waals surface area contributed by atoms with Crippen LogP contribution in [0.4, 0.5) is 21.5 Å². The highest BCUT2D eigenvalue weighted by Crippen LogP contribution is 2.28. The lowest BCUT2D eigenvalue weighted by molar-refractivity contribution is -0.385. The van der Waals surface area contributed by atoms with E-state index in [2.05, 4.69) is 5.32 Å². The van der Waals surface area contributed by atoms with Crippen LogP contribution in [-0.4, -0.2) is 16.0 Å². The summed E-state index contributed by atoms with van der Waals surface area (Å²) in [6.07, 6.45) is 0. The topological polar surface area (TPSA) is 92.5 Å². The van der Waals surface area contributed by atoms with Crippen molar-refractivity contribution in [2.75, 3.05) is 5.32 Å². The lowest BCUT2D eigenvalue weighted by Crippen LogP contribution is -2.05. The van der Waals surface area contributed by atoms with E-state index in [1.165, 1.54) is 0 Å². The molecule has 0 fully saturated rings. The molecular weight excluding hydrogens is 279 g/mol. The maximum Gasteiger partial charge on any atom is 0.342 e. The number of aryl methyl sites for hydroxylation is 1. The van der Waals surface area contributed by atoms with E-state index >= 15 is 0 Å². The Morgan fingerprint density at radius 2 is 2.05 bits per heavy atom. The van der Waals surface area contributed by atoms with Crippen LogP contribution in [0.25, 0.3) is 0 Å². The monoisotopic (exact) mass is 290 g/mol. The van der Waals surface area contributed by atoms with E-state index in [-0.39, 0.29) is 5.69 Å². The molecule has 0 bridgehead atoms. The number of benzene rings is 2. The summed E-state index contributed by atoms with van der Waals surface area (Å²) in [5.74, 6) is -2.39. The van der Waals surface area contributed by atoms with Crippen molar-refractivity contribution < 1.29 is 19.2 Å². The molecule has 2 aromatic carbocycles. The fourth-order valence-electron chi connectivity index (χ4n) is 1.86. The highest BCUT2D eigenvalue weighted by molar-refractivity contribution is 5.94. The maximum absolute atomic E-state index is 13.9.